The molecule has 94 valence electrons. The van der Waals surface area contributed by atoms with Crippen molar-refractivity contribution in [2.45, 2.75) is 26.7 Å². The average Bonchev–Trinajstić information content (AvgIpc) is 2.15. The summed E-state index contributed by atoms with van der Waals surface area (Å²) in [6.45, 7) is 4.55. The Bertz CT molecular complexity index is 371. The number of halogens is 3. The first kappa shape index (κ1) is 14.4. The van der Waals surface area contributed by atoms with Gasteiger partial charge < -0.3 is 0 Å². The minimum Gasteiger partial charge on any atom is -0.226 e. The summed E-state index contributed by atoms with van der Waals surface area (Å²) in [5.41, 5.74) is 0. The van der Waals surface area contributed by atoms with Crippen LogP contribution in [0, 0.1) is 0 Å². The first-order valence-electron chi connectivity index (χ1n) is 4.95. The highest BCUT2D eigenvalue weighted by Gasteiger charge is 2.34. The Balaban J connectivity index is 3.04. The fraction of sp³-hybridized carbons (Fsp3) is 1.00. The second kappa shape index (κ2) is 5.77. The van der Waals surface area contributed by atoms with Crippen molar-refractivity contribution in [1.82, 2.24) is 4.67 Å². The Kier molecular flexibility index (Phi) is 5.18. The molecule has 0 radical (unpaired) electrons. The summed E-state index contributed by atoms with van der Waals surface area (Å²) in [6, 6.07) is 0. The minimum absolute atomic E-state index is 0.214. The van der Waals surface area contributed by atoms with Gasteiger partial charge in [0.1, 0.15) is 0 Å². The summed E-state index contributed by atoms with van der Waals surface area (Å²) in [4.78, 5) is 0. The van der Waals surface area contributed by atoms with Crippen molar-refractivity contribution in [3.8, 4) is 0 Å². The van der Waals surface area contributed by atoms with Gasteiger partial charge in [0, 0.05) is 13.1 Å². The molecule has 10 heteroatoms. The molecule has 0 aromatic rings. The van der Waals surface area contributed by atoms with E-state index in [0.29, 0.717) is 25.9 Å². The number of rotatable bonds is 5. The van der Waals surface area contributed by atoms with E-state index >= 15 is 0 Å². The molecule has 0 fully saturated rings. The summed E-state index contributed by atoms with van der Waals surface area (Å²) >= 11 is 0. The predicted octanol–water partition coefficient (Wildman–Crippen LogP) is 5.97. The van der Waals surface area contributed by atoms with Gasteiger partial charge in [0.25, 0.3) is 0 Å². The highest BCUT2D eigenvalue weighted by molar-refractivity contribution is 7.73. The van der Waals surface area contributed by atoms with E-state index < -0.39 is 15.5 Å². The molecule has 0 aromatic carbocycles. The molecule has 0 spiro atoms. The fourth-order valence-corrected chi connectivity index (χ4v) is 6.38. The lowest BCUT2D eigenvalue weighted by Gasteiger charge is -2.26. The highest BCUT2D eigenvalue weighted by Crippen LogP contribution is 2.73. The third-order valence-electron chi connectivity index (χ3n) is 1.85. The maximum atomic E-state index is 14.3. The van der Waals surface area contributed by atoms with E-state index in [1.165, 1.54) is 4.67 Å². The van der Waals surface area contributed by atoms with Crippen LogP contribution in [0.15, 0.2) is 13.5 Å². The molecule has 0 aromatic heterocycles. The average molecular weight is 292 g/mol. The zero-order valence-electron chi connectivity index (χ0n) is 9.09. The highest BCUT2D eigenvalue weighted by atomic mass is 31.3. The lowest BCUT2D eigenvalue weighted by atomic mass is 10.4. The molecular weight excluding hydrogens is 278 g/mol. The topological polar surface area (TPSA) is 40.3 Å². The van der Waals surface area contributed by atoms with Gasteiger partial charge in [-0.25, -0.2) is 4.67 Å². The quantitative estimate of drug-likeness (QED) is 0.575. The van der Waals surface area contributed by atoms with E-state index in [2.05, 4.69) is 13.5 Å². The summed E-state index contributed by atoms with van der Waals surface area (Å²) in [5, 5.41) is 0. The van der Waals surface area contributed by atoms with Crippen molar-refractivity contribution in [2.75, 3.05) is 13.1 Å². The molecule has 1 heterocycles. The van der Waals surface area contributed by atoms with E-state index in [4.69, 9.17) is 0 Å². The summed E-state index contributed by atoms with van der Waals surface area (Å²) in [5.74, 6) is 0. The predicted molar refractivity (Wildman–Crippen MR) is 63.5 cm³/mol. The van der Waals surface area contributed by atoms with Crippen LogP contribution in [0.5, 0.6) is 0 Å². The number of hydrogen-bond donors (Lipinski definition) is 0. The second-order valence-electron chi connectivity index (χ2n) is 3.26. The van der Waals surface area contributed by atoms with Crippen LogP contribution in [0.1, 0.15) is 26.7 Å². The van der Waals surface area contributed by atoms with Gasteiger partial charge in [-0.05, 0) is 12.8 Å². The van der Waals surface area contributed by atoms with Crippen molar-refractivity contribution in [2.24, 2.45) is 13.5 Å². The molecule has 0 N–H and O–H groups in total. The van der Waals surface area contributed by atoms with E-state index in [0.717, 1.165) is 0 Å². The number of nitrogens with zero attached hydrogens (tertiary/aromatic N) is 4. The Morgan fingerprint density at radius 3 is 2.12 bits per heavy atom. The molecule has 4 nitrogen and oxygen atoms in total. The Morgan fingerprint density at radius 2 is 1.69 bits per heavy atom. The first-order chi connectivity index (χ1) is 7.43. The van der Waals surface area contributed by atoms with Crippen molar-refractivity contribution in [3.05, 3.63) is 0 Å². The molecule has 1 aliphatic rings. The van der Waals surface area contributed by atoms with Crippen LogP contribution >= 0.6 is 24.0 Å². The van der Waals surface area contributed by atoms with Gasteiger partial charge in [0.05, 0.1) is 0 Å². The molecule has 0 saturated carbocycles. The van der Waals surface area contributed by atoms with Crippen LogP contribution in [-0.2, 0) is 0 Å². The Hall–Kier alpha value is 0.310. The molecule has 1 rings (SSSR count). The van der Waals surface area contributed by atoms with Gasteiger partial charge in [-0.15, -0.1) is 17.4 Å². The molecule has 1 unspecified atom stereocenters. The third-order valence-corrected chi connectivity index (χ3v) is 7.15. The van der Waals surface area contributed by atoms with Crippen LogP contribution in [-0.4, -0.2) is 17.8 Å². The molecule has 16 heavy (non-hydrogen) atoms. The normalized spacial score (nSPS) is 28.6. The van der Waals surface area contributed by atoms with Crippen molar-refractivity contribution < 1.29 is 12.6 Å². The summed E-state index contributed by atoms with van der Waals surface area (Å²) < 4.78 is 51.1. The van der Waals surface area contributed by atoms with Crippen LogP contribution in [0.3, 0.4) is 0 Å². The van der Waals surface area contributed by atoms with Crippen LogP contribution < -0.4 is 0 Å². The van der Waals surface area contributed by atoms with E-state index in [1.807, 2.05) is 13.8 Å². The molecule has 0 saturated heterocycles. The lowest BCUT2D eigenvalue weighted by Crippen LogP contribution is -2.19. The molecular formula is C6H14F3N4P3. The standard InChI is InChI=1S/C6H14F3N4P3/c1-3-5-13(6-4-2)16(9)11-14-10-15(7,8)12-16/h3-6H2,1-2H3. The van der Waals surface area contributed by atoms with Crippen LogP contribution in [0.4, 0.5) is 12.6 Å². The molecule has 1 aliphatic heterocycles. The maximum absolute atomic E-state index is 14.3. The molecule has 0 amide bonds. The largest absolute Gasteiger partial charge is 0.425 e. The lowest BCUT2D eigenvalue weighted by molar-refractivity contribution is 0.427. The zero-order chi connectivity index (χ0) is 12.2. The summed E-state index contributed by atoms with van der Waals surface area (Å²) in [7, 11) is -8.85. The molecule has 0 aliphatic carbocycles. The summed E-state index contributed by atoms with van der Waals surface area (Å²) in [6.07, 6.45) is 1.38. The van der Waals surface area contributed by atoms with Crippen molar-refractivity contribution in [3.63, 3.8) is 0 Å². The van der Waals surface area contributed by atoms with Crippen LogP contribution in [0.25, 0.3) is 0 Å². The van der Waals surface area contributed by atoms with Crippen LogP contribution in [0.2, 0.25) is 0 Å². The first-order valence-corrected chi connectivity index (χ1v) is 8.77. The molecule has 1 atom stereocenters. The van der Waals surface area contributed by atoms with E-state index in [1.54, 1.807) is 0 Å². The minimum atomic E-state index is -4.78. The Labute approximate surface area is 95.2 Å². The van der Waals surface area contributed by atoms with Crippen molar-refractivity contribution in [1.29, 1.82) is 0 Å². The molecule has 0 bridgehead atoms. The third kappa shape index (κ3) is 3.66. The zero-order valence-corrected chi connectivity index (χ0v) is 11.8. The van der Waals surface area contributed by atoms with Gasteiger partial charge in [-0.2, -0.15) is 8.71 Å². The fourth-order valence-electron chi connectivity index (χ4n) is 1.29. The van der Waals surface area contributed by atoms with Gasteiger partial charge >= 0.3 is 15.5 Å². The van der Waals surface area contributed by atoms with Gasteiger partial charge in [0.15, 0.2) is 8.52 Å². The monoisotopic (exact) mass is 292 g/mol. The van der Waals surface area contributed by atoms with E-state index in [-0.39, 0.29) is 8.52 Å². The van der Waals surface area contributed by atoms with Gasteiger partial charge in [-0.1, -0.05) is 13.8 Å². The van der Waals surface area contributed by atoms with Crippen molar-refractivity contribution >= 4 is 24.0 Å². The second-order valence-corrected chi connectivity index (χ2v) is 8.06. The smallest absolute Gasteiger partial charge is 0.226 e. The van der Waals surface area contributed by atoms with E-state index in [9.17, 15) is 12.6 Å². The van der Waals surface area contributed by atoms with Gasteiger partial charge in [0.2, 0.25) is 0 Å². The van der Waals surface area contributed by atoms with Gasteiger partial charge in [-0.3, -0.25) is 0 Å². The SMILES string of the molecule is CCCN(CCC)P1(F)=NP=NP(F)(F)=N1. The Morgan fingerprint density at radius 1 is 1.12 bits per heavy atom. The number of hydrogen-bond acceptors (Lipinski definition) is 4. The maximum Gasteiger partial charge on any atom is 0.425 e.